The lowest BCUT2D eigenvalue weighted by Gasteiger charge is -2.32. The van der Waals surface area contributed by atoms with Crippen LogP contribution in [0.25, 0.3) is 0 Å². The molecule has 2 aromatic heterocycles. The van der Waals surface area contributed by atoms with Gasteiger partial charge in [-0.3, -0.25) is 5.10 Å². The van der Waals surface area contributed by atoms with Crippen molar-refractivity contribution in [1.82, 2.24) is 20.3 Å². The second-order valence-electron chi connectivity index (χ2n) is 7.65. The Morgan fingerprint density at radius 2 is 2.00 bits per heavy atom. The fourth-order valence-electron chi connectivity index (χ4n) is 4.02. The summed E-state index contributed by atoms with van der Waals surface area (Å²) in [4.78, 5) is 4.55. The third kappa shape index (κ3) is 3.17. The van der Waals surface area contributed by atoms with E-state index in [1.807, 2.05) is 0 Å². The number of nitrogens with zero attached hydrogens (tertiary/aromatic N) is 4. The van der Waals surface area contributed by atoms with E-state index in [1.54, 1.807) is 0 Å². The lowest BCUT2D eigenvalue weighted by Crippen LogP contribution is -2.38. The Morgan fingerprint density at radius 1 is 1.12 bits per heavy atom. The van der Waals surface area contributed by atoms with Crippen LogP contribution in [0.2, 0.25) is 0 Å². The first-order valence-electron chi connectivity index (χ1n) is 9.51. The van der Waals surface area contributed by atoms with Crippen molar-refractivity contribution >= 4 is 5.82 Å². The standard InChI is InChI=1S/C19H25N5O/c1-2-5-14(4-1)17-11-19(21-20-17)24-9-3-8-23(13-24)12-16-10-18(22-25-16)15-6-7-15/h3,8,10-11,14-15H,1-2,4-7,9,12-13H2,(H,20,21). The molecule has 5 rings (SSSR count). The summed E-state index contributed by atoms with van der Waals surface area (Å²) in [7, 11) is 0. The van der Waals surface area contributed by atoms with Gasteiger partial charge < -0.3 is 14.3 Å². The zero-order valence-electron chi connectivity index (χ0n) is 14.5. The fourth-order valence-corrected chi connectivity index (χ4v) is 4.02. The molecular formula is C19H25N5O. The van der Waals surface area contributed by atoms with Gasteiger partial charge in [-0.15, -0.1) is 0 Å². The molecule has 0 unspecified atom stereocenters. The average molecular weight is 339 g/mol. The molecule has 1 N–H and O–H groups in total. The Balaban J connectivity index is 1.24. The van der Waals surface area contributed by atoms with Crippen molar-refractivity contribution in [2.75, 3.05) is 18.1 Å². The molecule has 3 aliphatic rings. The van der Waals surface area contributed by atoms with Gasteiger partial charge in [0.15, 0.2) is 11.6 Å². The summed E-state index contributed by atoms with van der Waals surface area (Å²) in [5, 5.41) is 12.0. The molecule has 0 saturated heterocycles. The van der Waals surface area contributed by atoms with Crippen LogP contribution < -0.4 is 4.90 Å². The van der Waals surface area contributed by atoms with Crippen molar-refractivity contribution in [3.8, 4) is 0 Å². The van der Waals surface area contributed by atoms with Gasteiger partial charge in [0.05, 0.1) is 18.9 Å². The zero-order chi connectivity index (χ0) is 16.6. The fraction of sp³-hybridized carbons (Fsp3) is 0.579. The molecule has 0 atom stereocenters. The minimum atomic E-state index is 0.643. The Morgan fingerprint density at radius 3 is 2.84 bits per heavy atom. The van der Waals surface area contributed by atoms with E-state index in [0.717, 1.165) is 37.0 Å². The van der Waals surface area contributed by atoms with E-state index >= 15 is 0 Å². The van der Waals surface area contributed by atoms with Crippen LogP contribution in [-0.2, 0) is 6.54 Å². The second kappa shape index (κ2) is 6.24. The Hall–Kier alpha value is -2.24. The van der Waals surface area contributed by atoms with Crippen LogP contribution in [0.3, 0.4) is 0 Å². The van der Waals surface area contributed by atoms with E-state index in [0.29, 0.717) is 11.8 Å². The number of rotatable bonds is 5. The van der Waals surface area contributed by atoms with Crippen molar-refractivity contribution < 1.29 is 4.52 Å². The van der Waals surface area contributed by atoms with Crippen LogP contribution in [0, 0.1) is 0 Å². The molecule has 132 valence electrons. The lowest BCUT2D eigenvalue weighted by molar-refractivity contribution is 0.289. The van der Waals surface area contributed by atoms with Gasteiger partial charge in [-0.05, 0) is 38.0 Å². The lowest BCUT2D eigenvalue weighted by atomic mass is 10.0. The maximum Gasteiger partial charge on any atom is 0.156 e. The van der Waals surface area contributed by atoms with Crippen molar-refractivity contribution in [3.05, 3.63) is 41.6 Å². The normalized spacial score (nSPS) is 21.4. The van der Waals surface area contributed by atoms with Crippen LogP contribution >= 0.6 is 0 Å². The first kappa shape index (κ1) is 15.0. The molecule has 0 aromatic carbocycles. The van der Waals surface area contributed by atoms with Gasteiger partial charge in [-0.1, -0.05) is 18.0 Å². The summed E-state index contributed by atoms with van der Waals surface area (Å²) in [6.07, 6.45) is 12.1. The smallest absolute Gasteiger partial charge is 0.156 e. The van der Waals surface area contributed by atoms with Crippen LogP contribution in [0.1, 0.15) is 67.5 Å². The van der Waals surface area contributed by atoms with Crippen molar-refractivity contribution in [1.29, 1.82) is 0 Å². The van der Waals surface area contributed by atoms with E-state index in [4.69, 9.17) is 4.52 Å². The number of nitrogens with one attached hydrogen (secondary N) is 1. The van der Waals surface area contributed by atoms with E-state index in [2.05, 4.69) is 49.6 Å². The van der Waals surface area contributed by atoms with Gasteiger partial charge in [-0.2, -0.15) is 5.10 Å². The molecule has 2 saturated carbocycles. The number of anilines is 1. The van der Waals surface area contributed by atoms with E-state index < -0.39 is 0 Å². The van der Waals surface area contributed by atoms with Crippen LogP contribution in [-0.4, -0.2) is 33.5 Å². The zero-order valence-corrected chi connectivity index (χ0v) is 14.5. The molecule has 0 spiro atoms. The molecule has 0 amide bonds. The van der Waals surface area contributed by atoms with Gasteiger partial charge in [0, 0.05) is 36.2 Å². The van der Waals surface area contributed by atoms with Gasteiger partial charge in [0.25, 0.3) is 0 Å². The van der Waals surface area contributed by atoms with Crippen LogP contribution in [0.5, 0.6) is 0 Å². The highest BCUT2D eigenvalue weighted by Crippen LogP contribution is 2.39. The minimum Gasteiger partial charge on any atom is -0.359 e. The SMILES string of the molecule is C1=CN(Cc2cc(C3CC3)no2)CN(c2cc(C3CCCC3)[nH]n2)C1. The predicted octanol–water partition coefficient (Wildman–Crippen LogP) is 3.73. The summed E-state index contributed by atoms with van der Waals surface area (Å²) in [6, 6.07) is 4.37. The molecule has 2 fully saturated rings. The summed E-state index contributed by atoms with van der Waals surface area (Å²) in [5.41, 5.74) is 2.43. The first-order valence-corrected chi connectivity index (χ1v) is 9.51. The third-order valence-corrected chi connectivity index (χ3v) is 5.63. The molecule has 0 radical (unpaired) electrons. The molecular weight excluding hydrogens is 314 g/mol. The minimum absolute atomic E-state index is 0.643. The molecule has 6 nitrogen and oxygen atoms in total. The largest absolute Gasteiger partial charge is 0.359 e. The molecule has 3 heterocycles. The van der Waals surface area contributed by atoms with E-state index in [9.17, 15) is 0 Å². The number of hydrogen-bond donors (Lipinski definition) is 1. The topological polar surface area (TPSA) is 61.2 Å². The molecule has 2 aromatic rings. The maximum absolute atomic E-state index is 5.52. The molecule has 6 heteroatoms. The third-order valence-electron chi connectivity index (χ3n) is 5.63. The molecule has 25 heavy (non-hydrogen) atoms. The molecule has 2 aliphatic carbocycles. The Kier molecular flexibility index (Phi) is 3.76. The van der Waals surface area contributed by atoms with Crippen molar-refractivity contribution in [2.45, 2.75) is 56.9 Å². The molecule has 1 aliphatic heterocycles. The highest BCUT2D eigenvalue weighted by molar-refractivity contribution is 5.41. The number of aromatic amines is 1. The highest BCUT2D eigenvalue weighted by atomic mass is 16.5. The van der Waals surface area contributed by atoms with Crippen LogP contribution in [0.4, 0.5) is 5.82 Å². The van der Waals surface area contributed by atoms with E-state index in [1.165, 1.54) is 44.2 Å². The average Bonchev–Trinajstić information content (AvgIpc) is 3.08. The quantitative estimate of drug-likeness (QED) is 0.899. The Bertz CT molecular complexity index is 753. The predicted molar refractivity (Wildman–Crippen MR) is 95.2 cm³/mol. The first-order chi connectivity index (χ1) is 12.3. The summed E-state index contributed by atoms with van der Waals surface area (Å²) < 4.78 is 5.52. The summed E-state index contributed by atoms with van der Waals surface area (Å²) in [6.45, 7) is 2.48. The second-order valence-corrected chi connectivity index (χ2v) is 7.65. The number of hydrogen-bond acceptors (Lipinski definition) is 5. The van der Waals surface area contributed by atoms with Crippen molar-refractivity contribution in [3.63, 3.8) is 0 Å². The van der Waals surface area contributed by atoms with Crippen LogP contribution in [0.15, 0.2) is 28.9 Å². The van der Waals surface area contributed by atoms with Gasteiger partial charge in [-0.25, -0.2) is 0 Å². The van der Waals surface area contributed by atoms with Gasteiger partial charge in [0.1, 0.15) is 0 Å². The van der Waals surface area contributed by atoms with Gasteiger partial charge >= 0.3 is 0 Å². The monoisotopic (exact) mass is 339 g/mol. The number of H-pyrrole nitrogens is 1. The highest BCUT2D eigenvalue weighted by Gasteiger charge is 2.27. The summed E-state index contributed by atoms with van der Waals surface area (Å²) in [5.74, 6) is 3.31. The molecule has 0 bridgehead atoms. The van der Waals surface area contributed by atoms with E-state index in [-0.39, 0.29) is 0 Å². The number of aromatic nitrogens is 3. The Labute approximate surface area is 147 Å². The summed E-state index contributed by atoms with van der Waals surface area (Å²) >= 11 is 0. The maximum atomic E-state index is 5.52. The van der Waals surface area contributed by atoms with Crippen molar-refractivity contribution in [2.24, 2.45) is 0 Å². The van der Waals surface area contributed by atoms with Gasteiger partial charge in [0.2, 0.25) is 0 Å².